The molecule has 0 unspecified atom stereocenters. The van der Waals surface area contributed by atoms with Crippen LogP contribution in [0.25, 0.3) is 0 Å². The number of benzene rings is 1. The predicted molar refractivity (Wildman–Crippen MR) is 79.9 cm³/mol. The largest absolute Gasteiger partial charge is 1.00 e. The van der Waals surface area contributed by atoms with Crippen molar-refractivity contribution in [2.24, 2.45) is 0 Å². The van der Waals surface area contributed by atoms with Crippen molar-refractivity contribution >= 4 is 33.5 Å². The van der Waals surface area contributed by atoms with Gasteiger partial charge in [0.25, 0.3) is 21.8 Å². The zero-order valence-electron chi connectivity index (χ0n) is 14.3. The molecule has 0 saturated heterocycles. The maximum atomic E-state index is 12.0. The summed E-state index contributed by atoms with van der Waals surface area (Å²) in [6.07, 6.45) is 0.404. The predicted octanol–water partition coefficient (Wildman–Crippen LogP) is -2.08. The Morgan fingerprint density at radius 1 is 1.33 bits per heavy atom. The second-order valence-corrected chi connectivity index (χ2v) is 6.27. The molecule has 1 aromatic rings. The molecule has 1 aliphatic heterocycles. The minimum absolute atomic E-state index is 0. The van der Waals surface area contributed by atoms with Gasteiger partial charge in [-0.1, -0.05) is 0 Å². The molecule has 1 heterocycles. The van der Waals surface area contributed by atoms with Crippen LogP contribution in [0.5, 0.6) is 0 Å². The molecule has 0 atom stereocenters. The normalized spacial score (nSPS) is 13.5. The van der Waals surface area contributed by atoms with E-state index in [2.05, 4.69) is 0 Å². The van der Waals surface area contributed by atoms with E-state index in [0.717, 1.165) is 12.1 Å². The average molecular weight is 365 g/mol. The SMILES string of the molecule is CCOC(=O)CCCN1C(=O)C(=O)c2cc(S(=O)(=O)O)ccc21.[H-].[Na+]. The Balaban J connectivity index is 0.00000288. The molecule has 2 rings (SSSR count). The van der Waals surface area contributed by atoms with Crippen LogP contribution in [0.3, 0.4) is 0 Å². The summed E-state index contributed by atoms with van der Waals surface area (Å²) in [7, 11) is -4.46. The molecule has 0 fully saturated rings. The van der Waals surface area contributed by atoms with Gasteiger partial charge in [-0.2, -0.15) is 8.42 Å². The first kappa shape index (κ1) is 20.8. The number of fused-ring (bicyclic) bond motifs is 1. The van der Waals surface area contributed by atoms with Gasteiger partial charge in [0.15, 0.2) is 0 Å². The zero-order chi connectivity index (χ0) is 17.2. The first-order valence-electron chi connectivity index (χ1n) is 6.89. The van der Waals surface area contributed by atoms with Crippen molar-refractivity contribution in [3.05, 3.63) is 23.8 Å². The van der Waals surface area contributed by atoms with Gasteiger partial charge in [0, 0.05) is 13.0 Å². The number of nitrogens with zero attached hydrogens (tertiary/aromatic N) is 1. The Labute approximate surface area is 162 Å². The second kappa shape index (κ2) is 8.21. The zero-order valence-corrected chi connectivity index (χ0v) is 16.1. The van der Waals surface area contributed by atoms with Crippen molar-refractivity contribution in [2.45, 2.75) is 24.7 Å². The third kappa shape index (κ3) is 4.42. The summed E-state index contributed by atoms with van der Waals surface area (Å²) in [6.45, 7) is 2.08. The molecule has 0 aliphatic carbocycles. The van der Waals surface area contributed by atoms with Crippen molar-refractivity contribution in [1.82, 2.24) is 0 Å². The fourth-order valence-corrected chi connectivity index (χ4v) is 2.78. The van der Waals surface area contributed by atoms with Crippen LogP contribution >= 0.6 is 0 Å². The van der Waals surface area contributed by atoms with E-state index in [4.69, 9.17) is 9.29 Å². The monoisotopic (exact) mass is 365 g/mol. The van der Waals surface area contributed by atoms with E-state index in [1.54, 1.807) is 6.92 Å². The molecular weight excluding hydrogens is 349 g/mol. The number of Topliss-reactive ketones (excluding diaryl/α,β-unsaturated/α-hetero) is 1. The van der Waals surface area contributed by atoms with Gasteiger partial charge in [0.05, 0.1) is 22.8 Å². The molecule has 0 saturated carbocycles. The summed E-state index contributed by atoms with van der Waals surface area (Å²) < 4.78 is 36.0. The number of anilines is 1. The van der Waals surface area contributed by atoms with E-state index in [9.17, 15) is 22.8 Å². The van der Waals surface area contributed by atoms with Crippen LogP contribution in [-0.2, 0) is 24.4 Å². The van der Waals surface area contributed by atoms with Gasteiger partial charge in [-0.3, -0.25) is 18.9 Å². The summed E-state index contributed by atoms with van der Waals surface area (Å²) in [5.41, 5.74) is 0.178. The van der Waals surface area contributed by atoms with Gasteiger partial charge >= 0.3 is 35.5 Å². The summed E-state index contributed by atoms with van der Waals surface area (Å²) >= 11 is 0. The van der Waals surface area contributed by atoms with Crippen LogP contribution in [0.2, 0.25) is 0 Å². The van der Waals surface area contributed by atoms with Crippen molar-refractivity contribution < 1.29 is 63.1 Å². The molecule has 0 aromatic heterocycles. The smallest absolute Gasteiger partial charge is 1.00 e. The molecule has 0 spiro atoms. The molecule has 0 radical (unpaired) electrons. The van der Waals surface area contributed by atoms with Crippen LogP contribution in [0.4, 0.5) is 5.69 Å². The Kier molecular flexibility index (Phi) is 7.11. The average Bonchev–Trinajstić information content (AvgIpc) is 2.71. The number of carbonyl (C=O) groups is 3. The first-order chi connectivity index (χ1) is 10.8. The van der Waals surface area contributed by atoms with E-state index in [0.29, 0.717) is 6.42 Å². The van der Waals surface area contributed by atoms with Crippen molar-refractivity contribution in [1.29, 1.82) is 0 Å². The van der Waals surface area contributed by atoms with Crippen molar-refractivity contribution in [3.8, 4) is 0 Å². The number of rotatable bonds is 6. The molecule has 1 aliphatic rings. The van der Waals surface area contributed by atoms with E-state index in [-0.39, 0.29) is 61.8 Å². The summed E-state index contributed by atoms with van der Waals surface area (Å²) in [5.74, 6) is -2.04. The van der Waals surface area contributed by atoms with Crippen molar-refractivity contribution in [3.63, 3.8) is 0 Å². The van der Waals surface area contributed by atoms with Crippen molar-refractivity contribution in [2.75, 3.05) is 18.1 Å². The second-order valence-electron chi connectivity index (χ2n) is 4.85. The third-order valence-electron chi connectivity index (χ3n) is 3.31. The Bertz CT molecular complexity index is 781. The van der Waals surface area contributed by atoms with Gasteiger partial charge in [-0.05, 0) is 31.5 Å². The summed E-state index contributed by atoms with van der Waals surface area (Å²) in [6, 6.07) is 3.36. The van der Waals surface area contributed by atoms with Gasteiger partial charge in [-0.25, -0.2) is 0 Å². The number of hydrogen-bond donors (Lipinski definition) is 1. The van der Waals surface area contributed by atoms with E-state index < -0.39 is 32.7 Å². The molecular formula is C14H16NNaO7S. The van der Waals surface area contributed by atoms with E-state index in [1.807, 2.05) is 0 Å². The Morgan fingerprint density at radius 2 is 2.00 bits per heavy atom. The first-order valence-corrected chi connectivity index (χ1v) is 8.33. The van der Waals surface area contributed by atoms with Crippen LogP contribution in [-0.4, -0.2) is 43.8 Å². The molecule has 24 heavy (non-hydrogen) atoms. The van der Waals surface area contributed by atoms with Crippen LogP contribution in [0.15, 0.2) is 23.1 Å². The maximum Gasteiger partial charge on any atom is 1.00 e. The number of carbonyl (C=O) groups excluding carboxylic acids is 3. The standard InChI is InChI=1S/C14H15NO7S.Na.H/c1-2-22-12(16)4-3-7-15-11-6-5-9(23(19,20)21)8-10(11)13(17)14(15)18;;/h5-6,8H,2-4,7H2,1H3,(H,19,20,21);;/q;+1;-1. The number of amides is 1. The van der Waals surface area contributed by atoms with E-state index in [1.165, 1.54) is 11.0 Å². The fraction of sp³-hybridized carbons (Fsp3) is 0.357. The molecule has 8 nitrogen and oxygen atoms in total. The molecule has 126 valence electrons. The third-order valence-corrected chi connectivity index (χ3v) is 4.16. The van der Waals surface area contributed by atoms with E-state index >= 15 is 0 Å². The van der Waals surface area contributed by atoms with Crippen LogP contribution < -0.4 is 34.5 Å². The molecule has 1 amide bonds. The van der Waals surface area contributed by atoms with Gasteiger partial charge in [0.2, 0.25) is 0 Å². The number of esters is 1. The molecule has 1 N–H and O–H groups in total. The van der Waals surface area contributed by atoms with Crippen LogP contribution in [0, 0.1) is 0 Å². The van der Waals surface area contributed by atoms with Gasteiger partial charge in [0.1, 0.15) is 0 Å². The number of ketones is 1. The number of hydrogen-bond acceptors (Lipinski definition) is 6. The number of ether oxygens (including phenoxy) is 1. The minimum Gasteiger partial charge on any atom is -1.00 e. The summed E-state index contributed by atoms with van der Waals surface area (Å²) in [5, 5.41) is 0. The fourth-order valence-electron chi connectivity index (χ4n) is 2.28. The quantitative estimate of drug-likeness (QED) is 0.266. The Morgan fingerprint density at radius 3 is 2.58 bits per heavy atom. The maximum absolute atomic E-state index is 12.0. The molecule has 1 aromatic carbocycles. The summed E-state index contributed by atoms with van der Waals surface area (Å²) in [4.78, 5) is 35.9. The Hall–Kier alpha value is -1.26. The van der Waals surface area contributed by atoms with Gasteiger partial charge < -0.3 is 11.1 Å². The van der Waals surface area contributed by atoms with Crippen LogP contribution in [0.1, 0.15) is 31.6 Å². The molecule has 10 heteroatoms. The minimum atomic E-state index is -4.46. The topological polar surface area (TPSA) is 118 Å². The molecule has 0 bridgehead atoms. The van der Waals surface area contributed by atoms with Gasteiger partial charge in [-0.15, -0.1) is 0 Å².